The standard InChI is InChI=1S/C16H15ClF3NO4S/c1-25-15-7-6-12(8-13(15)17)26(23,24)21-9-14(22)10-2-4-11(5-3-10)16(18,19)20/h2-8,14,21-22H,9H2,1H3/t14-/m1/s1. The van der Waals surface area contributed by atoms with Crippen LogP contribution in [0.5, 0.6) is 5.75 Å². The van der Waals surface area contributed by atoms with E-state index in [2.05, 4.69) is 4.72 Å². The highest BCUT2D eigenvalue weighted by Crippen LogP contribution is 2.30. The number of halogens is 4. The zero-order valence-electron chi connectivity index (χ0n) is 13.4. The molecule has 0 unspecified atom stereocenters. The largest absolute Gasteiger partial charge is 0.495 e. The van der Waals surface area contributed by atoms with Crippen molar-refractivity contribution in [2.45, 2.75) is 17.2 Å². The second-order valence-corrected chi connectivity index (χ2v) is 7.46. The molecule has 5 nitrogen and oxygen atoms in total. The molecule has 10 heteroatoms. The number of rotatable bonds is 6. The fourth-order valence-electron chi connectivity index (χ4n) is 2.10. The van der Waals surface area contributed by atoms with E-state index in [1.54, 1.807) is 0 Å². The second-order valence-electron chi connectivity index (χ2n) is 5.28. The molecule has 0 aliphatic carbocycles. The molecule has 0 heterocycles. The molecule has 0 radical (unpaired) electrons. The van der Waals surface area contributed by atoms with Crippen molar-refractivity contribution in [3.8, 4) is 5.75 Å². The zero-order chi connectivity index (χ0) is 19.5. The Bertz CT molecular complexity index is 870. The Balaban J connectivity index is 2.08. The van der Waals surface area contributed by atoms with Gasteiger partial charge in [-0.1, -0.05) is 23.7 Å². The van der Waals surface area contributed by atoms with Crippen LogP contribution in [-0.4, -0.2) is 27.2 Å². The van der Waals surface area contributed by atoms with Crippen LogP contribution in [0.3, 0.4) is 0 Å². The van der Waals surface area contributed by atoms with Gasteiger partial charge in [-0.25, -0.2) is 13.1 Å². The third kappa shape index (κ3) is 4.88. The summed E-state index contributed by atoms with van der Waals surface area (Å²) in [6.45, 7) is -0.419. The number of aliphatic hydroxyl groups is 1. The van der Waals surface area contributed by atoms with Crippen molar-refractivity contribution < 1.29 is 31.4 Å². The third-order valence-electron chi connectivity index (χ3n) is 3.52. The summed E-state index contributed by atoms with van der Waals surface area (Å²) in [5.74, 6) is 0.301. The Morgan fingerprint density at radius 3 is 2.31 bits per heavy atom. The lowest BCUT2D eigenvalue weighted by Gasteiger charge is -2.14. The lowest BCUT2D eigenvalue weighted by molar-refractivity contribution is -0.137. The lowest BCUT2D eigenvalue weighted by atomic mass is 10.1. The summed E-state index contributed by atoms with van der Waals surface area (Å²) in [7, 11) is -2.59. The number of aliphatic hydroxyl groups excluding tert-OH is 1. The topological polar surface area (TPSA) is 75.6 Å². The van der Waals surface area contributed by atoms with Crippen molar-refractivity contribution in [2.75, 3.05) is 13.7 Å². The summed E-state index contributed by atoms with van der Waals surface area (Å²) < 4.78 is 69.2. The maximum Gasteiger partial charge on any atom is 0.416 e. The number of sulfonamides is 1. The molecule has 142 valence electrons. The van der Waals surface area contributed by atoms with Crippen molar-refractivity contribution in [2.24, 2.45) is 0 Å². The van der Waals surface area contributed by atoms with E-state index in [9.17, 15) is 26.7 Å². The normalized spacial score (nSPS) is 13.5. The number of ether oxygens (including phenoxy) is 1. The fraction of sp³-hybridized carbons (Fsp3) is 0.250. The van der Waals surface area contributed by atoms with Crippen LogP contribution in [0.2, 0.25) is 5.02 Å². The first kappa shape index (κ1) is 20.5. The summed E-state index contributed by atoms with van der Waals surface area (Å²) in [4.78, 5) is -0.136. The average Bonchev–Trinajstić information content (AvgIpc) is 2.59. The second kappa shape index (κ2) is 7.83. The molecule has 0 saturated heterocycles. The van der Waals surface area contributed by atoms with E-state index in [0.29, 0.717) is 5.75 Å². The molecule has 0 aromatic heterocycles. The van der Waals surface area contributed by atoms with E-state index in [0.717, 1.165) is 24.3 Å². The molecule has 26 heavy (non-hydrogen) atoms. The van der Waals surface area contributed by atoms with Crippen molar-refractivity contribution in [1.29, 1.82) is 0 Å². The van der Waals surface area contributed by atoms with Crippen LogP contribution in [0.1, 0.15) is 17.2 Å². The van der Waals surface area contributed by atoms with E-state index in [4.69, 9.17) is 16.3 Å². The van der Waals surface area contributed by atoms with Crippen molar-refractivity contribution in [3.05, 3.63) is 58.6 Å². The summed E-state index contributed by atoms with van der Waals surface area (Å²) >= 11 is 5.89. The molecule has 0 fully saturated rings. The minimum atomic E-state index is -4.49. The highest BCUT2D eigenvalue weighted by Gasteiger charge is 2.30. The molecular formula is C16H15ClF3NO4S. The fourth-order valence-corrected chi connectivity index (χ4v) is 3.48. The minimum absolute atomic E-state index is 0.0960. The number of hydrogen-bond donors (Lipinski definition) is 2. The molecule has 0 saturated carbocycles. The van der Waals surface area contributed by atoms with E-state index >= 15 is 0 Å². The molecule has 2 rings (SSSR count). The smallest absolute Gasteiger partial charge is 0.416 e. The van der Waals surface area contributed by atoms with Crippen molar-refractivity contribution >= 4 is 21.6 Å². The number of hydrogen-bond acceptors (Lipinski definition) is 4. The molecule has 1 atom stereocenters. The molecular weight excluding hydrogens is 395 g/mol. The Morgan fingerprint density at radius 2 is 1.81 bits per heavy atom. The highest BCUT2D eigenvalue weighted by atomic mass is 35.5. The molecule has 2 N–H and O–H groups in total. The quantitative estimate of drug-likeness (QED) is 0.767. The Labute approximate surface area is 153 Å². The molecule has 2 aromatic rings. The highest BCUT2D eigenvalue weighted by molar-refractivity contribution is 7.89. The number of benzene rings is 2. The molecule has 2 aromatic carbocycles. The van der Waals surface area contributed by atoms with Gasteiger partial charge in [-0.2, -0.15) is 13.2 Å². The summed E-state index contributed by atoms with van der Waals surface area (Å²) in [5, 5.41) is 10.1. The van der Waals surface area contributed by atoms with Gasteiger partial charge in [-0.05, 0) is 35.9 Å². The number of alkyl halides is 3. The van der Waals surface area contributed by atoms with Gasteiger partial charge in [0.05, 0.1) is 28.7 Å². The molecule has 0 bridgehead atoms. The van der Waals surface area contributed by atoms with Crippen molar-refractivity contribution in [1.82, 2.24) is 4.72 Å². The molecule has 0 spiro atoms. The van der Waals surface area contributed by atoms with Crippen molar-refractivity contribution in [3.63, 3.8) is 0 Å². The average molecular weight is 410 g/mol. The van der Waals surface area contributed by atoms with E-state index in [-0.39, 0.29) is 15.5 Å². The molecule has 0 amide bonds. The first-order valence-electron chi connectivity index (χ1n) is 7.23. The summed E-state index contributed by atoms with van der Waals surface area (Å²) in [6, 6.07) is 7.65. The monoisotopic (exact) mass is 409 g/mol. The molecule has 0 aliphatic rings. The van der Waals surface area contributed by atoms with Gasteiger partial charge < -0.3 is 9.84 Å². The Hall–Kier alpha value is -1.81. The lowest BCUT2D eigenvalue weighted by Crippen LogP contribution is -2.28. The first-order chi connectivity index (χ1) is 12.0. The Morgan fingerprint density at radius 1 is 1.19 bits per heavy atom. The SMILES string of the molecule is COc1ccc(S(=O)(=O)NC[C@@H](O)c2ccc(C(F)(F)F)cc2)cc1Cl. The van der Waals surface area contributed by atoms with Crippen LogP contribution < -0.4 is 9.46 Å². The summed E-state index contributed by atoms with van der Waals surface area (Å²) in [5.41, 5.74) is -0.713. The molecule has 0 aliphatic heterocycles. The van der Waals surface area contributed by atoms with Gasteiger partial charge in [0.1, 0.15) is 5.75 Å². The van der Waals surface area contributed by atoms with Gasteiger partial charge in [0.2, 0.25) is 10.0 Å². The van der Waals surface area contributed by atoms with E-state index < -0.39 is 34.4 Å². The van der Waals surface area contributed by atoms with Gasteiger partial charge >= 0.3 is 6.18 Å². The van der Waals surface area contributed by atoms with E-state index in [1.807, 2.05) is 0 Å². The first-order valence-corrected chi connectivity index (χ1v) is 9.09. The summed E-state index contributed by atoms with van der Waals surface area (Å²) in [6.07, 6.45) is -5.81. The predicted octanol–water partition coefficient (Wildman–Crippen LogP) is 3.38. The van der Waals surface area contributed by atoms with Crippen LogP contribution in [0.25, 0.3) is 0 Å². The zero-order valence-corrected chi connectivity index (χ0v) is 15.0. The van der Waals surface area contributed by atoms with Gasteiger partial charge in [-0.3, -0.25) is 0 Å². The minimum Gasteiger partial charge on any atom is -0.495 e. The maximum absolute atomic E-state index is 12.5. The Kier molecular flexibility index (Phi) is 6.17. The van der Waals surface area contributed by atoms with Gasteiger partial charge in [-0.15, -0.1) is 0 Å². The van der Waals surface area contributed by atoms with Gasteiger partial charge in [0.25, 0.3) is 0 Å². The number of nitrogens with one attached hydrogen (secondary N) is 1. The van der Waals surface area contributed by atoms with Gasteiger partial charge in [0, 0.05) is 6.54 Å². The van der Waals surface area contributed by atoms with Crippen LogP contribution in [0.4, 0.5) is 13.2 Å². The van der Waals surface area contributed by atoms with Gasteiger partial charge in [0.15, 0.2) is 0 Å². The predicted molar refractivity (Wildman–Crippen MR) is 89.6 cm³/mol. The third-order valence-corrected chi connectivity index (χ3v) is 5.24. The van der Waals surface area contributed by atoms with Crippen LogP contribution in [0, 0.1) is 0 Å². The number of methoxy groups -OCH3 is 1. The van der Waals surface area contributed by atoms with Crippen LogP contribution in [-0.2, 0) is 16.2 Å². The van der Waals surface area contributed by atoms with E-state index in [1.165, 1.54) is 25.3 Å². The maximum atomic E-state index is 12.5. The van der Waals surface area contributed by atoms with Crippen LogP contribution >= 0.6 is 11.6 Å². The van der Waals surface area contributed by atoms with Crippen LogP contribution in [0.15, 0.2) is 47.4 Å².